The van der Waals surface area contributed by atoms with Crippen molar-refractivity contribution in [2.75, 3.05) is 12.3 Å². The molecule has 3 N–H and O–H groups in total. The van der Waals surface area contributed by atoms with Crippen LogP contribution in [0.1, 0.15) is 19.5 Å². The second-order valence-electron chi connectivity index (χ2n) is 4.72. The van der Waals surface area contributed by atoms with Gasteiger partial charge in [-0.1, -0.05) is 0 Å². The molecule has 0 unspecified atom stereocenters. The number of imide groups is 1. The van der Waals surface area contributed by atoms with Gasteiger partial charge in [-0.2, -0.15) is 0 Å². The van der Waals surface area contributed by atoms with E-state index in [1.165, 1.54) is 6.20 Å². The molecule has 1 aliphatic rings. The minimum absolute atomic E-state index is 0.158. The van der Waals surface area contributed by atoms with Crippen LogP contribution in [0.15, 0.2) is 12.4 Å². The molecular weight excluding hydrogens is 234 g/mol. The van der Waals surface area contributed by atoms with Crippen molar-refractivity contribution in [1.29, 1.82) is 0 Å². The lowest BCUT2D eigenvalue weighted by atomic mass is 9.98. The number of nitrogens with two attached hydrogens (primary N) is 1. The zero-order valence-electron chi connectivity index (χ0n) is 10.3. The summed E-state index contributed by atoms with van der Waals surface area (Å²) < 4.78 is 0. The van der Waals surface area contributed by atoms with E-state index < -0.39 is 5.54 Å². The molecule has 2 heterocycles. The zero-order valence-corrected chi connectivity index (χ0v) is 10.3. The lowest BCUT2D eigenvalue weighted by Crippen LogP contribution is -2.63. The van der Waals surface area contributed by atoms with Gasteiger partial charge in [0.05, 0.1) is 30.2 Å². The monoisotopic (exact) mass is 249 g/mol. The minimum Gasteiger partial charge on any atom is -0.382 e. The maximum absolute atomic E-state index is 11.8. The summed E-state index contributed by atoms with van der Waals surface area (Å²) in [6.45, 7) is 4.06. The van der Waals surface area contributed by atoms with E-state index in [-0.39, 0.29) is 18.4 Å². The van der Waals surface area contributed by atoms with E-state index in [1.807, 2.05) is 0 Å². The van der Waals surface area contributed by atoms with Crippen LogP contribution in [0, 0.1) is 0 Å². The molecule has 1 saturated heterocycles. The highest BCUT2D eigenvalue weighted by Crippen LogP contribution is 2.20. The van der Waals surface area contributed by atoms with Gasteiger partial charge in [0.25, 0.3) is 0 Å². The third-order valence-electron chi connectivity index (χ3n) is 3.01. The van der Waals surface area contributed by atoms with E-state index in [4.69, 9.17) is 5.73 Å². The Morgan fingerprint density at radius 2 is 2.11 bits per heavy atom. The van der Waals surface area contributed by atoms with Crippen molar-refractivity contribution >= 4 is 17.6 Å². The third-order valence-corrected chi connectivity index (χ3v) is 3.01. The van der Waals surface area contributed by atoms with Crippen molar-refractivity contribution in [3.63, 3.8) is 0 Å². The van der Waals surface area contributed by atoms with Crippen molar-refractivity contribution in [2.45, 2.75) is 25.9 Å². The predicted octanol–water partition coefficient (Wildman–Crippen LogP) is -0.704. The average Bonchev–Trinajstić information content (AvgIpc) is 2.29. The van der Waals surface area contributed by atoms with Gasteiger partial charge in [-0.3, -0.25) is 24.8 Å². The predicted molar refractivity (Wildman–Crippen MR) is 64.1 cm³/mol. The molecule has 1 aromatic heterocycles. The van der Waals surface area contributed by atoms with Gasteiger partial charge in [0, 0.05) is 6.54 Å². The summed E-state index contributed by atoms with van der Waals surface area (Å²) >= 11 is 0. The number of hydrogen-bond donors (Lipinski definition) is 2. The number of amides is 2. The number of carbonyl (C=O) groups excluding carboxylic acids is 2. The van der Waals surface area contributed by atoms with Crippen LogP contribution in [0.25, 0.3) is 0 Å². The number of piperazine rings is 1. The molecule has 0 spiro atoms. The number of nitrogens with zero attached hydrogens (tertiary/aromatic N) is 3. The van der Waals surface area contributed by atoms with Crippen LogP contribution < -0.4 is 11.1 Å². The van der Waals surface area contributed by atoms with Gasteiger partial charge in [0.2, 0.25) is 11.8 Å². The Balaban J connectivity index is 2.18. The van der Waals surface area contributed by atoms with E-state index >= 15 is 0 Å². The fourth-order valence-corrected chi connectivity index (χ4v) is 1.73. The van der Waals surface area contributed by atoms with Crippen LogP contribution in [0.2, 0.25) is 0 Å². The summed E-state index contributed by atoms with van der Waals surface area (Å²) in [5, 5.41) is 2.32. The average molecular weight is 249 g/mol. The zero-order chi connectivity index (χ0) is 13.3. The first-order chi connectivity index (χ1) is 8.39. The van der Waals surface area contributed by atoms with Crippen LogP contribution in [0.4, 0.5) is 5.82 Å². The fraction of sp³-hybridized carbons (Fsp3) is 0.455. The van der Waals surface area contributed by atoms with Crippen molar-refractivity contribution < 1.29 is 9.59 Å². The van der Waals surface area contributed by atoms with Crippen molar-refractivity contribution in [3.05, 3.63) is 18.1 Å². The second-order valence-corrected chi connectivity index (χ2v) is 4.72. The van der Waals surface area contributed by atoms with E-state index in [0.29, 0.717) is 18.1 Å². The first kappa shape index (κ1) is 12.4. The third kappa shape index (κ3) is 2.30. The lowest BCUT2D eigenvalue weighted by Gasteiger charge is -2.39. The quantitative estimate of drug-likeness (QED) is 0.672. The Labute approximate surface area is 104 Å². The Morgan fingerprint density at radius 3 is 2.72 bits per heavy atom. The molecule has 0 aliphatic carbocycles. The molecule has 0 aromatic carbocycles. The Bertz CT molecular complexity index is 483. The van der Waals surface area contributed by atoms with Crippen molar-refractivity contribution in [2.24, 2.45) is 0 Å². The molecule has 18 heavy (non-hydrogen) atoms. The normalized spacial score (nSPS) is 19.7. The Morgan fingerprint density at radius 1 is 1.39 bits per heavy atom. The molecule has 1 aliphatic heterocycles. The summed E-state index contributed by atoms with van der Waals surface area (Å²) in [6, 6.07) is 0. The molecule has 2 rings (SSSR count). The number of hydrogen-bond acceptors (Lipinski definition) is 6. The van der Waals surface area contributed by atoms with Crippen LogP contribution in [0.3, 0.4) is 0 Å². The maximum Gasteiger partial charge on any atom is 0.246 e. The summed E-state index contributed by atoms with van der Waals surface area (Å²) in [7, 11) is 0. The van der Waals surface area contributed by atoms with Gasteiger partial charge >= 0.3 is 0 Å². The summed E-state index contributed by atoms with van der Waals surface area (Å²) in [4.78, 5) is 32.9. The minimum atomic E-state index is -0.753. The molecule has 0 bridgehead atoms. The molecule has 1 fully saturated rings. The SMILES string of the molecule is CC1(C)C(=O)NC(=O)CN1Cc1cnc(N)cn1. The van der Waals surface area contributed by atoms with Crippen LogP contribution >= 0.6 is 0 Å². The topological polar surface area (TPSA) is 101 Å². The first-order valence-electron chi connectivity index (χ1n) is 5.55. The standard InChI is InChI=1S/C11H15N5O2/c1-11(2)10(18)15-9(17)6-16(11)5-7-3-14-8(12)4-13-7/h3-4H,5-6H2,1-2H3,(H2,12,14)(H,15,17,18). The molecule has 1 aromatic rings. The van der Waals surface area contributed by atoms with E-state index in [1.54, 1.807) is 24.9 Å². The molecule has 7 nitrogen and oxygen atoms in total. The summed E-state index contributed by atoms with van der Waals surface area (Å²) in [5.41, 5.74) is 5.37. The van der Waals surface area contributed by atoms with E-state index in [0.717, 1.165) is 0 Å². The number of aromatic nitrogens is 2. The van der Waals surface area contributed by atoms with Crippen LogP contribution in [-0.4, -0.2) is 38.8 Å². The molecule has 7 heteroatoms. The molecule has 96 valence electrons. The van der Waals surface area contributed by atoms with Gasteiger partial charge in [0.15, 0.2) is 0 Å². The number of carbonyl (C=O) groups is 2. The highest BCUT2D eigenvalue weighted by Gasteiger charge is 2.40. The smallest absolute Gasteiger partial charge is 0.246 e. The van der Waals surface area contributed by atoms with Gasteiger partial charge in [-0.25, -0.2) is 4.98 Å². The van der Waals surface area contributed by atoms with E-state index in [2.05, 4.69) is 15.3 Å². The summed E-state index contributed by atoms with van der Waals surface area (Å²) in [6.07, 6.45) is 3.00. The number of anilines is 1. The van der Waals surface area contributed by atoms with Gasteiger partial charge in [-0.05, 0) is 13.8 Å². The van der Waals surface area contributed by atoms with Crippen LogP contribution in [0.5, 0.6) is 0 Å². The van der Waals surface area contributed by atoms with Gasteiger partial charge in [0.1, 0.15) is 5.82 Å². The largest absolute Gasteiger partial charge is 0.382 e. The molecular formula is C11H15N5O2. The molecule has 0 atom stereocenters. The highest BCUT2D eigenvalue weighted by atomic mass is 16.2. The van der Waals surface area contributed by atoms with Gasteiger partial charge in [-0.15, -0.1) is 0 Å². The Kier molecular flexibility index (Phi) is 3.00. The number of rotatable bonds is 2. The Hall–Kier alpha value is -2.02. The maximum atomic E-state index is 11.8. The van der Waals surface area contributed by atoms with Gasteiger partial charge < -0.3 is 5.73 Å². The fourth-order valence-electron chi connectivity index (χ4n) is 1.73. The van der Waals surface area contributed by atoms with Crippen molar-refractivity contribution in [1.82, 2.24) is 20.2 Å². The molecule has 0 saturated carbocycles. The van der Waals surface area contributed by atoms with E-state index in [9.17, 15) is 9.59 Å². The molecule has 0 radical (unpaired) electrons. The molecule has 2 amide bonds. The lowest BCUT2D eigenvalue weighted by molar-refractivity contribution is -0.145. The number of nitrogens with one attached hydrogen (secondary N) is 1. The second kappa shape index (κ2) is 4.34. The van der Waals surface area contributed by atoms with Crippen LogP contribution in [-0.2, 0) is 16.1 Å². The first-order valence-corrected chi connectivity index (χ1v) is 5.55. The van der Waals surface area contributed by atoms with Crippen molar-refractivity contribution in [3.8, 4) is 0 Å². The number of nitrogen functional groups attached to an aromatic ring is 1. The highest BCUT2D eigenvalue weighted by molar-refractivity contribution is 6.02. The summed E-state index contributed by atoms with van der Waals surface area (Å²) in [5.74, 6) is -0.268.